The van der Waals surface area contributed by atoms with Gasteiger partial charge in [-0.15, -0.1) is 0 Å². The van der Waals surface area contributed by atoms with E-state index in [-0.39, 0.29) is 12.2 Å². The van der Waals surface area contributed by atoms with Crippen LogP contribution in [0.4, 0.5) is 0 Å². The fraction of sp³-hybridized carbons (Fsp3) is 0.194. The minimum atomic E-state index is -0.646. The molecule has 0 N–H and O–H groups in total. The first-order chi connectivity index (χ1) is 19.4. The monoisotopic (exact) mass is 574 g/mol. The van der Waals surface area contributed by atoms with Crippen molar-refractivity contribution < 1.29 is 19.0 Å². The summed E-state index contributed by atoms with van der Waals surface area (Å²) in [5.41, 5.74) is 3.16. The first-order valence-electron chi connectivity index (χ1n) is 12.7. The Morgan fingerprint density at radius 2 is 1.82 bits per heavy atom. The second-order valence-corrected chi connectivity index (χ2v) is 10.5. The van der Waals surface area contributed by atoms with Crippen molar-refractivity contribution in [2.45, 2.75) is 26.5 Å². The van der Waals surface area contributed by atoms with Crippen LogP contribution in [0.5, 0.6) is 11.5 Å². The van der Waals surface area contributed by atoms with Crippen molar-refractivity contribution in [3.8, 4) is 11.5 Å². The Bertz CT molecular complexity index is 1760. The minimum absolute atomic E-state index is 0.224. The zero-order chi connectivity index (χ0) is 28.2. The molecule has 9 heteroatoms. The van der Waals surface area contributed by atoms with E-state index in [2.05, 4.69) is 4.99 Å². The van der Waals surface area contributed by atoms with Gasteiger partial charge in [-0.25, -0.2) is 9.79 Å². The van der Waals surface area contributed by atoms with Crippen LogP contribution in [0.3, 0.4) is 0 Å². The molecule has 0 spiro atoms. The van der Waals surface area contributed by atoms with E-state index >= 15 is 0 Å². The quantitative estimate of drug-likeness (QED) is 0.276. The zero-order valence-corrected chi connectivity index (χ0v) is 23.8. The molecule has 204 valence electrons. The third-order valence-electron chi connectivity index (χ3n) is 6.43. The predicted molar refractivity (Wildman–Crippen MR) is 156 cm³/mol. The Labute approximate surface area is 240 Å². The summed E-state index contributed by atoms with van der Waals surface area (Å²) < 4.78 is 18.9. The summed E-state index contributed by atoms with van der Waals surface area (Å²) in [7, 11) is 1.58. The second-order valence-electron chi connectivity index (χ2n) is 9.04. The van der Waals surface area contributed by atoms with Gasteiger partial charge in [0, 0.05) is 5.02 Å². The van der Waals surface area contributed by atoms with Gasteiger partial charge in [0.05, 0.1) is 35.6 Å². The van der Waals surface area contributed by atoms with Crippen LogP contribution in [-0.2, 0) is 16.1 Å². The maximum atomic E-state index is 13.8. The molecular formula is C31H27ClN2O5S. The summed E-state index contributed by atoms with van der Waals surface area (Å²) in [6, 6.07) is 21.7. The average Bonchev–Trinajstić information content (AvgIpc) is 3.26. The molecule has 0 fully saturated rings. The lowest BCUT2D eigenvalue weighted by Crippen LogP contribution is -2.39. The van der Waals surface area contributed by atoms with Gasteiger partial charge < -0.3 is 14.2 Å². The number of hydrogen-bond acceptors (Lipinski definition) is 7. The molecule has 0 amide bonds. The first kappa shape index (κ1) is 27.4. The van der Waals surface area contributed by atoms with E-state index < -0.39 is 12.0 Å². The van der Waals surface area contributed by atoms with Gasteiger partial charge in [0.15, 0.2) is 16.3 Å². The number of nitrogens with zero attached hydrogens (tertiary/aromatic N) is 2. The summed E-state index contributed by atoms with van der Waals surface area (Å²) in [4.78, 5) is 32.0. The lowest BCUT2D eigenvalue weighted by atomic mass is 9.96. The van der Waals surface area contributed by atoms with Crippen LogP contribution < -0.4 is 24.4 Å². The van der Waals surface area contributed by atoms with Crippen molar-refractivity contribution in [1.82, 2.24) is 4.57 Å². The van der Waals surface area contributed by atoms with E-state index in [9.17, 15) is 9.59 Å². The number of methoxy groups -OCH3 is 1. The highest BCUT2D eigenvalue weighted by Gasteiger charge is 2.33. The molecule has 2 heterocycles. The Morgan fingerprint density at radius 1 is 1.07 bits per heavy atom. The highest BCUT2D eigenvalue weighted by atomic mass is 35.5. The van der Waals surface area contributed by atoms with Gasteiger partial charge >= 0.3 is 5.97 Å². The number of thiazole rings is 1. The number of carbonyl (C=O) groups excluding carboxylic acids is 1. The zero-order valence-electron chi connectivity index (χ0n) is 22.2. The van der Waals surface area contributed by atoms with Crippen molar-refractivity contribution >= 4 is 35.0 Å². The average molecular weight is 575 g/mol. The molecule has 0 bridgehead atoms. The standard InChI is InChI=1S/C31H27ClN2O5S/c1-4-38-30(36)27-19(2)33-31-34(28(27)22-8-6-5-7-9-22)29(35)26(40-31)17-21-12-15-24(37-3)25(16-21)39-18-20-10-13-23(32)14-11-20/h5-17,28H,4,18H2,1-3H3/b26-17+/t28-/m0/s1. The molecule has 3 aromatic carbocycles. The number of rotatable bonds is 8. The Morgan fingerprint density at radius 3 is 2.52 bits per heavy atom. The molecule has 1 aliphatic heterocycles. The normalized spacial score (nSPS) is 14.9. The molecule has 0 radical (unpaired) electrons. The number of ether oxygens (including phenoxy) is 3. The number of hydrogen-bond donors (Lipinski definition) is 0. The van der Waals surface area contributed by atoms with Crippen LogP contribution in [0.2, 0.25) is 5.02 Å². The Hall–Kier alpha value is -4.14. The van der Waals surface area contributed by atoms with Gasteiger partial charge in [-0.1, -0.05) is 71.5 Å². The molecule has 7 nitrogen and oxygen atoms in total. The van der Waals surface area contributed by atoms with E-state index in [4.69, 9.17) is 25.8 Å². The van der Waals surface area contributed by atoms with E-state index in [0.29, 0.717) is 43.7 Å². The predicted octanol–water partition coefficient (Wildman–Crippen LogP) is 5.04. The number of benzene rings is 3. The number of aromatic nitrogens is 1. The van der Waals surface area contributed by atoms with Gasteiger partial charge in [0.2, 0.25) is 0 Å². The minimum Gasteiger partial charge on any atom is -0.493 e. The maximum absolute atomic E-state index is 13.8. The largest absolute Gasteiger partial charge is 0.493 e. The van der Waals surface area contributed by atoms with Crippen molar-refractivity contribution in [3.05, 3.63) is 125 Å². The topological polar surface area (TPSA) is 79.1 Å². The number of fused-ring (bicyclic) bond motifs is 1. The van der Waals surface area contributed by atoms with Crippen LogP contribution in [-0.4, -0.2) is 24.3 Å². The van der Waals surface area contributed by atoms with Gasteiger partial charge in [0.25, 0.3) is 5.56 Å². The molecule has 0 aliphatic carbocycles. The van der Waals surface area contributed by atoms with Crippen LogP contribution >= 0.6 is 22.9 Å². The van der Waals surface area contributed by atoms with E-state index in [1.54, 1.807) is 37.7 Å². The van der Waals surface area contributed by atoms with E-state index in [1.165, 1.54) is 11.3 Å². The molecule has 1 aromatic heterocycles. The molecule has 0 saturated heterocycles. The lowest BCUT2D eigenvalue weighted by Gasteiger charge is -2.24. The Balaban J connectivity index is 1.56. The first-order valence-corrected chi connectivity index (χ1v) is 13.9. The highest BCUT2D eigenvalue weighted by Crippen LogP contribution is 2.31. The molecule has 40 heavy (non-hydrogen) atoms. The maximum Gasteiger partial charge on any atom is 0.338 e. The van der Waals surface area contributed by atoms with Gasteiger partial charge in [-0.3, -0.25) is 9.36 Å². The van der Waals surface area contributed by atoms with Crippen molar-refractivity contribution in [1.29, 1.82) is 0 Å². The van der Waals surface area contributed by atoms with Crippen LogP contribution in [0, 0.1) is 0 Å². The van der Waals surface area contributed by atoms with Crippen molar-refractivity contribution in [2.24, 2.45) is 4.99 Å². The lowest BCUT2D eigenvalue weighted by molar-refractivity contribution is -0.139. The molecule has 4 aromatic rings. The van der Waals surface area contributed by atoms with Crippen molar-refractivity contribution in [2.75, 3.05) is 13.7 Å². The third-order valence-corrected chi connectivity index (χ3v) is 7.66. The van der Waals surface area contributed by atoms with Crippen LogP contribution in [0.25, 0.3) is 6.08 Å². The van der Waals surface area contributed by atoms with Gasteiger partial charge in [-0.05, 0) is 60.9 Å². The van der Waals surface area contributed by atoms with Gasteiger partial charge in [-0.2, -0.15) is 0 Å². The van der Waals surface area contributed by atoms with Gasteiger partial charge in [0.1, 0.15) is 6.61 Å². The number of allylic oxidation sites excluding steroid dienone is 1. The SMILES string of the molecule is CCOC(=O)C1=C(C)N=c2s/c(=C/c3ccc(OC)c(OCc4ccc(Cl)cc4)c3)c(=O)n2[C@H]1c1ccccc1. The van der Waals surface area contributed by atoms with E-state index in [0.717, 1.165) is 16.7 Å². The highest BCUT2D eigenvalue weighted by molar-refractivity contribution is 7.07. The summed E-state index contributed by atoms with van der Waals surface area (Å²) in [5.74, 6) is 0.637. The summed E-state index contributed by atoms with van der Waals surface area (Å²) in [6.07, 6.45) is 1.80. The number of esters is 1. The molecule has 0 unspecified atom stereocenters. The third kappa shape index (κ3) is 5.59. The summed E-state index contributed by atoms with van der Waals surface area (Å²) >= 11 is 7.26. The molecule has 0 saturated carbocycles. The van der Waals surface area contributed by atoms with Crippen LogP contribution in [0.1, 0.15) is 36.6 Å². The molecule has 5 rings (SSSR count). The summed E-state index contributed by atoms with van der Waals surface area (Å²) in [6.45, 7) is 4.07. The molecular weight excluding hydrogens is 548 g/mol. The number of carbonyl (C=O) groups is 1. The number of halogens is 1. The van der Waals surface area contributed by atoms with Crippen molar-refractivity contribution in [3.63, 3.8) is 0 Å². The molecule has 1 atom stereocenters. The summed E-state index contributed by atoms with van der Waals surface area (Å²) in [5, 5.41) is 0.656. The fourth-order valence-electron chi connectivity index (χ4n) is 4.53. The Kier molecular flexibility index (Phi) is 8.19. The van der Waals surface area contributed by atoms with E-state index in [1.807, 2.05) is 66.7 Å². The second kappa shape index (κ2) is 11.9. The fourth-order valence-corrected chi connectivity index (χ4v) is 5.70. The molecule has 1 aliphatic rings. The van der Waals surface area contributed by atoms with Crippen LogP contribution in [0.15, 0.2) is 93.9 Å². The smallest absolute Gasteiger partial charge is 0.338 e.